The van der Waals surface area contributed by atoms with Gasteiger partial charge in [0.2, 0.25) is 0 Å². The summed E-state index contributed by atoms with van der Waals surface area (Å²) < 4.78 is 15.3. The third kappa shape index (κ3) is 3.15. The summed E-state index contributed by atoms with van der Waals surface area (Å²) in [7, 11) is 0. The molecule has 112 valence electrons. The summed E-state index contributed by atoms with van der Waals surface area (Å²) in [4.78, 5) is 11.4. The Hall–Kier alpha value is -1.69. The molecule has 0 saturated carbocycles. The van der Waals surface area contributed by atoms with Crippen LogP contribution in [0, 0.1) is 5.82 Å². The van der Waals surface area contributed by atoms with E-state index in [9.17, 15) is 14.3 Å². The summed E-state index contributed by atoms with van der Waals surface area (Å²) >= 11 is 3.11. The number of aromatic carboxylic acids is 1. The second kappa shape index (κ2) is 6.39. The summed E-state index contributed by atoms with van der Waals surface area (Å²) in [6.45, 7) is 4.06. The van der Waals surface area contributed by atoms with Gasteiger partial charge in [-0.2, -0.15) is 5.10 Å². The van der Waals surface area contributed by atoms with Crippen LogP contribution >= 0.6 is 15.9 Å². The number of benzene rings is 1. The monoisotopic (exact) mass is 354 g/mol. The van der Waals surface area contributed by atoms with E-state index in [0.29, 0.717) is 11.3 Å². The van der Waals surface area contributed by atoms with Crippen molar-refractivity contribution in [3.8, 4) is 11.3 Å². The lowest BCUT2D eigenvalue weighted by Crippen LogP contribution is -2.07. The van der Waals surface area contributed by atoms with E-state index < -0.39 is 11.8 Å². The normalized spacial score (nSPS) is 11.1. The molecule has 1 heterocycles. The molecule has 0 fully saturated rings. The minimum absolute atomic E-state index is 0.125. The Morgan fingerprint density at radius 1 is 1.43 bits per heavy atom. The van der Waals surface area contributed by atoms with Gasteiger partial charge in [-0.1, -0.05) is 13.8 Å². The van der Waals surface area contributed by atoms with Gasteiger partial charge in [0.15, 0.2) is 0 Å². The molecule has 1 aromatic heterocycles. The van der Waals surface area contributed by atoms with E-state index in [2.05, 4.69) is 21.0 Å². The Kier molecular flexibility index (Phi) is 4.77. The first kappa shape index (κ1) is 15.7. The van der Waals surface area contributed by atoms with Gasteiger partial charge in [-0.05, 0) is 47.0 Å². The van der Waals surface area contributed by atoms with Crippen LogP contribution < -0.4 is 0 Å². The van der Waals surface area contributed by atoms with Gasteiger partial charge in [0.25, 0.3) is 0 Å². The van der Waals surface area contributed by atoms with Crippen molar-refractivity contribution in [3.05, 3.63) is 40.2 Å². The van der Waals surface area contributed by atoms with E-state index in [4.69, 9.17) is 0 Å². The Morgan fingerprint density at radius 3 is 2.62 bits per heavy atom. The number of rotatable bonds is 5. The third-order valence-corrected chi connectivity index (χ3v) is 4.08. The molecule has 0 unspecified atom stereocenters. The molecule has 0 atom stereocenters. The molecule has 0 aliphatic carbocycles. The molecule has 2 rings (SSSR count). The molecule has 0 bridgehead atoms. The summed E-state index contributed by atoms with van der Waals surface area (Å²) in [6.07, 6.45) is 3.28. The van der Waals surface area contributed by atoms with Crippen LogP contribution in [0.2, 0.25) is 0 Å². The highest BCUT2D eigenvalue weighted by Gasteiger charge is 2.20. The number of hydrogen-bond acceptors (Lipinski definition) is 2. The topological polar surface area (TPSA) is 55.1 Å². The van der Waals surface area contributed by atoms with Crippen LogP contribution in [0.3, 0.4) is 0 Å². The van der Waals surface area contributed by atoms with Crippen LogP contribution in [0.15, 0.2) is 28.9 Å². The molecule has 0 radical (unpaired) electrons. The number of carboxylic acids is 1. The standard InChI is InChI=1S/C15H16BrFN2O2/c1-3-10(4-2)19-8-11(15(20)21)14(18-19)9-5-6-13(17)12(16)7-9/h5-8,10H,3-4H2,1-2H3,(H,20,21). The number of halogens is 2. The minimum atomic E-state index is -1.04. The van der Waals surface area contributed by atoms with Gasteiger partial charge in [-0.15, -0.1) is 0 Å². The van der Waals surface area contributed by atoms with Crippen molar-refractivity contribution in [2.45, 2.75) is 32.7 Å². The Morgan fingerprint density at radius 2 is 2.10 bits per heavy atom. The van der Waals surface area contributed by atoms with Crippen LogP contribution in [0.1, 0.15) is 43.1 Å². The minimum Gasteiger partial charge on any atom is -0.478 e. The van der Waals surface area contributed by atoms with Crippen LogP contribution in [0.5, 0.6) is 0 Å². The lowest BCUT2D eigenvalue weighted by atomic mass is 10.1. The van der Waals surface area contributed by atoms with Gasteiger partial charge in [0.1, 0.15) is 17.1 Å². The summed E-state index contributed by atoms with van der Waals surface area (Å²) in [5.74, 6) is -1.43. The second-order valence-electron chi connectivity index (χ2n) is 4.78. The van der Waals surface area contributed by atoms with E-state index in [1.807, 2.05) is 13.8 Å². The van der Waals surface area contributed by atoms with Gasteiger partial charge in [-0.25, -0.2) is 9.18 Å². The van der Waals surface area contributed by atoms with Crippen LogP contribution in [0.25, 0.3) is 11.3 Å². The third-order valence-electron chi connectivity index (χ3n) is 3.47. The first-order chi connectivity index (χ1) is 9.97. The van der Waals surface area contributed by atoms with E-state index in [1.165, 1.54) is 12.1 Å². The molecule has 0 amide bonds. The van der Waals surface area contributed by atoms with Crippen molar-refractivity contribution < 1.29 is 14.3 Å². The van der Waals surface area contributed by atoms with E-state index in [1.54, 1.807) is 16.9 Å². The lowest BCUT2D eigenvalue weighted by molar-refractivity contribution is 0.0697. The van der Waals surface area contributed by atoms with E-state index in [0.717, 1.165) is 12.8 Å². The van der Waals surface area contributed by atoms with Crippen molar-refractivity contribution in [1.82, 2.24) is 9.78 Å². The average Bonchev–Trinajstić information content (AvgIpc) is 2.88. The van der Waals surface area contributed by atoms with Crippen LogP contribution in [0.4, 0.5) is 4.39 Å². The maximum Gasteiger partial charge on any atom is 0.339 e. The van der Waals surface area contributed by atoms with Gasteiger partial charge in [0.05, 0.1) is 10.5 Å². The average molecular weight is 355 g/mol. The molecular formula is C15H16BrFN2O2. The van der Waals surface area contributed by atoms with Crippen molar-refractivity contribution in [1.29, 1.82) is 0 Å². The molecule has 0 spiro atoms. The van der Waals surface area contributed by atoms with Crippen molar-refractivity contribution in [2.24, 2.45) is 0 Å². The predicted molar refractivity (Wildman–Crippen MR) is 81.9 cm³/mol. The zero-order valence-electron chi connectivity index (χ0n) is 11.8. The largest absolute Gasteiger partial charge is 0.478 e. The maximum atomic E-state index is 13.3. The Labute approximate surface area is 130 Å². The smallest absolute Gasteiger partial charge is 0.339 e. The van der Waals surface area contributed by atoms with Gasteiger partial charge in [0, 0.05) is 11.8 Å². The molecular weight excluding hydrogens is 339 g/mol. The fourth-order valence-corrected chi connectivity index (χ4v) is 2.63. The fourth-order valence-electron chi connectivity index (χ4n) is 2.25. The molecule has 6 heteroatoms. The molecule has 2 aromatic rings. The van der Waals surface area contributed by atoms with E-state index >= 15 is 0 Å². The summed E-state index contributed by atoms with van der Waals surface area (Å²) in [5.41, 5.74) is 1.06. The lowest BCUT2D eigenvalue weighted by Gasteiger charge is -2.12. The molecule has 0 saturated heterocycles. The SMILES string of the molecule is CCC(CC)n1cc(C(=O)O)c(-c2ccc(F)c(Br)c2)n1. The molecule has 0 aliphatic rings. The highest BCUT2D eigenvalue weighted by molar-refractivity contribution is 9.10. The molecule has 21 heavy (non-hydrogen) atoms. The predicted octanol–water partition coefficient (Wildman–Crippen LogP) is 4.51. The van der Waals surface area contributed by atoms with Gasteiger partial charge >= 0.3 is 5.97 Å². The zero-order chi connectivity index (χ0) is 15.6. The quantitative estimate of drug-likeness (QED) is 0.859. The molecule has 1 aromatic carbocycles. The summed E-state index contributed by atoms with van der Waals surface area (Å²) in [6, 6.07) is 4.52. The molecule has 4 nitrogen and oxygen atoms in total. The van der Waals surface area contributed by atoms with Gasteiger partial charge < -0.3 is 5.11 Å². The number of hydrogen-bond donors (Lipinski definition) is 1. The highest BCUT2D eigenvalue weighted by atomic mass is 79.9. The van der Waals surface area contributed by atoms with Crippen molar-refractivity contribution in [3.63, 3.8) is 0 Å². The van der Waals surface area contributed by atoms with Crippen molar-refractivity contribution in [2.75, 3.05) is 0 Å². The first-order valence-electron chi connectivity index (χ1n) is 6.75. The van der Waals surface area contributed by atoms with Crippen LogP contribution in [-0.4, -0.2) is 20.9 Å². The Bertz CT molecular complexity index is 666. The number of aromatic nitrogens is 2. The number of nitrogens with zero attached hydrogens (tertiary/aromatic N) is 2. The van der Waals surface area contributed by atoms with Crippen LogP contribution in [-0.2, 0) is 0 Å². The maximum absolute atomic E-state index is 13.3. The first-order valence-corrected chi connectivity index (χ1v) is 7.55. The van der Waals surface area contributed by atoms with E-state index in [-0.39, 0.29) is 16.1 Å². The Balaban J connectivity index is 2.55. The second-order valence-corrected chi connectivity index (χ2v) is 5.63. The number of carbonyl (C=O) groups is 1. The highest BCUT2D eigenvalue weighted by Crippen LogP contribution is 2.28. The van der Waals surface area contributed by atoms with Gasteiger partial charge in [-0.3, -0.25) is 4.68 Å². The number of carboxylic acid groups (broad SMARTS) is 1. The summed E-state index contributed by atoms with van der Waals surface area (Å²) in [5, 5.41) is 13.8. The molecule has 0 aliphatic heterocycles. The fraction of sp³-hybridized carbons (Fsp3) is 0.333. The zero-order valence-corrected chi connectivity index (χ0v) is 13.4. The molecule has 1 N–H and O–H groups in total. The van der Waals surface area contributed by atoms with Crippen molar-refractivity contribution >= 4 is 21.9 Å².